The third-order valence-electron chi connectivity index (χ3n) is 2.30. The summed E-state index contributed by atoms with van der Waals surface area (Å²) in [5.74, 6) is -0.757. The molecule has 2 nitrogen and oxygen atoms in total. The van der Waals surface area contributed by atoms with Crippen LogP contribution in [0.2, 0.25) is 0 Å². The number of rotatable bonds is 0. The summed E-state index contributed by atoms with van der Waals surface area (Å²) in [7, 11) is 0. The molecule has 0 atom stereocenters. The van der Waals surface area contributed by atoms with Gasteiger partial charge in [0.25, 0.3) is 0 Å². The predicted octanol–water partition coefficient (Wildman–Crippen LogP) is 3.96. The molecule has 0 aromatic heterocycles. The molecule has 0 aliphatic rings. The van der Waals surface area contributed by atoms with Gasteiger partial charge >= 0.3 is 5.97 Å². The van der Waals surface area contributed by atoms with Gasteiger partial charge in [-0.25, -0.2) is 0 Å². The summed E-state index contributed by atoms with van der Waals surface area (Å²) in [6.07, 6.45) is 0. The maximum atomic E-state index is 10.0. The van der Waals surface area contributed by atoms with Crippen LogP contribution in [-0.2, 0) is 4.79 Å². The Morgan fingerprint density at radius 3 is 1.29 bits per heavy atom. The van der Waals surface area contributed by atoms with E-state index in [1.54, 1.807) is 20.8 Å². The largest absolute Gasteiger partial charge is 0.481 e. The second-order valence-electron chi connectivity index (χ2n) is 4.90. The molecule has 2 heteroatoms. The molecular weight excluding hydrogens is 212 g/mol. The van der Waals surface area contributed by atoms with Gasteiger partial charge in [0, 0.05) is 0 Å². The Morgan fingerprint density at radius 2 is 1.12 bits per heavy atom. The molecule has 0 spiro atoms. The first-order valence-electron chi connectivity index (χ1n) is 5.58. The Labute approximate surface area is 102 Å². The van der Waals surface area contributed by atoms with Gasteiger partial charge in [-0.2, -0.15) is 0 Å². The molecule has 0 saturated carbocycles. The van der Waals surface area contributed by atoms with Crippen LogP contribution in [0.1, 0.15) is 20.8 Å². The molecule has 17 heavy (non-hydrogen) atoms. The topological polar surface area (TPSA) is 37.3 Å². The van der Waals surface area contributed by atoms with Gasteiger partial charge < -0.3 is 5.11 Å². The third kappa shape index (κ3) is 4.27. The fourth-order valence-electron chi connectivity index (χ4n) is 1.13. The van der Waals surface area contributed by atoms with E-state index in [4.69, 9.17) is 5.11 Å². The van der Waals surface area contributed by atoms with Crippen LogP contribution in [0.25, 0.3) is 10.8 Å². The Kier molecular flexibility index (Phi) is 4.27. The van der Waals surface area contributed by atoms with Crippen molar-refractivity contribution in [1.29, 1.82) is 0 Å². The number of carboxylic acids is 1. The zero-order chi connectivity index (χ0) is 12.9. The molecule has 0 aliphatic carbocycles. The molecule has 0 unspecified atom stereocenters. The minimum absolute atomic E-state index is 0.583. The first-order valence-corrected chi connectivity index (χ1v) is 5.58. The lowest BCUT2D eigenvalue weighted by atomic mass is 9.98. The Morgan fingerprint density at radius 1 is 0.882 bits per heavy atom. The van der Waals surface area contributed by atoms with E-state index in [-0.39, 0.29) is 0 Å². The van der Waals surface area contributed by atoms with Crippen LogP contribution in [0, 0.1) is 5.41 Å². The highest BCUT2D eigenvalue weighted by molar-refractivity contribution is 5.82. The summed E-state index contributed by atoms with van der Waals surface area (Å²) in [5, 5.41) is 10.9. The summed E-state index contributed by atoms with van der Waals surface area (Å²) in [6, 6.07) is 16.7. The molecule has 0 radical (unpaired) electrons. The number of fused-ring (bicyclic) bond motifs is 1. The maximum Gasteiger partial charge on any atom is 0.308 e. The normalized spacial score (nSPS) is 10.5. The van der Waals surface area contributed by atoms with E-state index in [2.05, 4.69) is 48.5 Å². The fraction of sp³-hybridized carbons (Fsp3) is 0.267. The molecule has 0 fully saturated rings. The number of hydrogen-bond acceptors (Lipinski definition) is 1. The van der Waals surface area contributed by atoms with Gasteiger partial charge in [0.15, 0.2) is 0 Å². The van der Waals surface area contributed by atoms with E-state index in [9.17, 15) is 4.79 Å². The van der Waals surface area contributed by atoms with Gasteiger partial charge in [-0.15, -0.1) is 0 Å². The molecule has 2 aromatic carbocycles. The highest BCUT2D eigenvalue weighted by atomic mass is 16.4. The molecule has 2 aromatic rings. The zero-order valence-electron chi connectivity index (χ0n) is 10.5. The number of aliphatic carboxylic acids is 1. The summed E-state index contributed by atoms with van der Waals surface area (Å²) >= 11 is 0. The van der Waals surface area contributed by atoms with Gasteiger partial charge in [-0.3, -0.25) is 4.79 Å². The van der Waals surface area contributed by atoms with Crippen LogP contribution in [0.3, 0.4) is 0 Å². The number of hydrogen-bond donors (Lipinski definition) is 1. The van der Waals surface area contributed by atoms with E-state index in [0.717, 1.165) is 0 Å². The predicted molar refractivity (Wildman–Crippen MR) is 71.0 cm³/mol. The fourth-order valence-corrected chi connectivity index (χ4v) is 1.13. The molecule has 0 amide bonds. The van der Waals surface area contributed by atoms with Crippen molar-refractivity contribution in [2.24, 2.45) is 5.41 Å². The third-order valence-corrected chi connectivity index (χ3v) is 2.30. The minimum atomic E-state index is -0.757. The molecule has 0 aliphatic heterocycles. The molecule has 0 bridgehead atoms. The van der Waals surface area contributed by atoms with Crippen molar-refractivity contribution in [2.45, 2.75) is 20.8 Å². The van der Waals surface area contributed by atoms with Crippen molar-refractivity contribution in [2.75, 3.05) is 0 Å². The van der Waals surface area contributed by atoms with Gasteiger partial charge in [0.1, 0.15) is 0 Å². The van der Waals surface area contributed by atoms with Crippen molar-refractivity contribution in [3.63, 3.8) is 0 Å². The van der Waals surface area contributed by atoms with Gasteiger partial charge in [0.05, 0.1) is 5.41 Å². The summed E-state index contributed by atoms with van der Waals surface area (Å²) in [5.41, 5.74) is -0.583. The van der Waals surface area contributed by atoms with Crippen molar-refractivity contribution < 1.29 is 9.90 Å². The van der Waals surface area contributed by atoms with Crippen molar-refractivity contribution >= 4 is 16.7 Å². The van der Waals surface area contributed by atoms with Crippen LogP contribution in [0.15, 0.2) is 48.5 Å². The molecule has 1 N–H and O–H groups in total. The lowest BCUT2D eigenvalue weighted by Gasteiger charge is -2.08. The second-order valence-corrected chi connectivity index (χ2v) is 4.90. The standard InChI is InChI=1S/C10H8.C5H10O2/c1-2-6-10-8-4-3-7-9(10)5-1;1-5(2,3)4(6)7/h1-8H;1-3H3,(H,6,7). The lowest BCUT2D eigenvalue weighted by Crippen LogP contribution is -2.18. The number of carboxylic acid groups (broad SMARTS) is 1. The average molecular weight is 230 g/mol. The van der Waals surface area contributed by atoms with Gasteiger partial charge in [-0.05, 0) is 31.5 Å². The van der Waals surface area contributed by atoms with Gasteiger partial charge in [-0.1, -0.05) is 48.5 Å². The number of carbonyl (C=O) groups is 1. The van der Waals surface area contributed by atoms with Crippen molar-refractivity contribution in [1.82, 2.24) is 0 Å². The molecular formula is C15H18O2. The number of benzene rings is 2. The maximum absolute atomic E-state index is 10.0. The average Bonchev–Trinajstić information content (AvgIpc) is 2.29. The molecule has 90 valence electrons. The lowest BCUT2D eigenvalue weighted by molar-refractivity contribution is -0.145. The Bertz CT molecular complexity index is 430. The minimum Gasteiger partial charge on any atom is -0.481 e. The summed E-state index contributed by atoms with van der Waals surface area (Å²) in [6.45, 7) is 4.99. The van der Waals surface area contributed by atoms with Crippen LogP contribution in [0.5, 0.6) is 0 Å². The quantitative estimate of drug-likeness (QED) is 0.743. The van der Waals surface area contributed by atoms with Crippen LogP contribution >= 0.6 is 0 Å². The Balaban J connectivity index is 0.000000185. The second kappa shape index (κ2) is 5.48. The van der Waals surface area contributed by atoms with E-state index in [1.165, 1.54) is 10.8 Å². The smallest absolute Gasteiger partial charge is 0.308 e. The van der Waals surface area contributed by atoms with Crippen molar-refractivity contribution in [3.8, 4) is 0 Å². The first kappa shape index (κ1) is 13.2. The van der Waals surface area contributed by atoms with E-state index in [1.807, 2.05) is 0 Å². The van der Waals surface area contributed by atoms with Crippen molar-refractivity contribution in [3.05, 3.63) is 48.5 Å². The highest BCUT2D eigenvalue weighted by Crippen LogP contribution is 2.11. The van der Waals surface area contributed by atoms with E-state index < -0.39 is 11.4 Å². The zero-order valence-corrected chi connectivity index (χ0v) is 10.5. The van der Waals surface area contributed by atoms with Crippen LogP contribution in [-0.4, -0.2) is 11.1 Å². The van der Waals surface area contributed by atoms with E-state index in [0.29, 0.717) is 0 Å². The summed E-state index contributed by atoms with van der Waals surface area (Å²) < 4.78 is 0. The Hall–Kier alpha value is -1.83. The van der Waals surface area contributed by atoms with Crippen LogP contribution < -0.4 is 0 Å². The molecule has 0 heterocycles. The molecule has 2 rings (SSSR count). The SMILES string of the molecule is CC(C)(C)C(=O)O.c1ccc2ccccc2c1. The highest BCUT2D eigenvalue weighted by Gasteiger charge is 2.18. The molecule has 0 saturated heterocycles. The van der Waals surface area contributed by atoms with Gasteiger partial charge in [0.2, 0.25) is 0 Å². The monoisotopic (exact) mass is 230 g/mol. The first-order chi connectivity index (χ1) is 7.91. The van der Waals surface area contributed by atoms with E-state index >= 15 is 0 Å². The van der Waals surface area contributed by atoms with Crippen LogP contribution in [0.4, 0.5) is 0 Å². The summed E-state index contributed by atoms with van der Waals surface area (Å²) in [4.78, 5) is 10.0.